The van der Waals surface area contributed by atoms with Gasteiger partial charge in [0.05, 0.1) is 12.0 Å². The van der Waals surface area contributed by atoms with E-state index in [1.54, 1.807) is 0 Å². The summed E-state index contributed by atoms with van der Waals surface area (Å²) in [5.41, 5.74) is 0. The predicted octanol–water partition coefficient (Wildman–Crippen LogP) is 3.10. The fourth-order valence-corrected chi connectivity index (χ4v) is 2.04. The van der Waals surface area contributed by atoms with Gasteiger partial charge in [-0.2, -0.15) is 13.2 Å². The average molecular weight is 238 g/mol. The fraction of sp³-hybridized carbons (Fsp3) is 0.909. The highest BCUT2D eigenvalue weighted by Crippen LogP contribution is 2.31. The fourth-order valence-electron chi connectivity index (χ4n) is 2.04. The van der Waals surface area contributed by atoms with Crippen LogP contribution in [0, 0.1) is 5.92 Å². The van der Waals surface area contributed by atoms with Gasteiger partial charge in [-0.3, -0.25) is 4.79 Å². The van der Waals surface area contributed by atoms with Crippen molar-refractivity contribution in [1.82, 2.24) is 0 Å². The van der Waals surface area contributed by atoms with Crippen LogP contribution in [0.1, 0.15) is 39.0 Å². The largest absolute Gasteiger partial charge is 0.450 e. The smallest absolute Gasteiger partial charge is 0.377 e. The summed E-state index contributed by atoms with van der Waals surface area (Å²) >= 11 is 0. The molecule has 16 heavy (non-hydrogen) atoms. The van der Waals surface area contributed by atoms with E-state index in [0.717, 1.165) is 12.8 Å². The van der Waals surface area contributed by atoms with Crippen LogP contribution in [0.2, 0.25) is 0 Å². The van der Waals surface area contributed by atoms with Gasteiger partial charge in [0.2, 0.25) is 5.78 Å². The summed E-state index contributed by atoms with van der Waals surface area (Å²) in [6.07, 6.45) is -2.19. The Hall–Kier alpha value is -0.580. The summed E-state index contributed by atoms with van der Waals surface area (Å²) in [6.45, 7) is 2.43. The number of alkyl halides is 3. The van der Waals surface area contributed by atoms with Crippen molar-refractivity contribution in [2.75, 3.05) is 6.61 Å². The molecule has 94 valence electrons. The van der Waals surface area contributed by atoms with Crippen LogP contribution in [0.4, 0.5) is 13.2 Å². The summed E-state index contributed by atoms with van der Waals surface area (Å²) in [5, 5.41) is 0. The molecule has 0 aliphatic carbocycles. The summed E-state index contributed by atoms with van der Waals surface area (Å²) in [6, 6.07) is 0. The van der Waals surface area contributed by atoms with Gasteiger partial charge >= 0.3 is 6.18 Å². The molecule has 1 saturated heterocycles. The van der Waals surface area contributed by atoms with E-state index in [1.165, 1.54) is 0 Å². The lowest BCUT2D eigenvalue weighted by Crippen LogP contribution is -2.41. The van der Waals surface area contributed by atoms with Crippen molar-refractivity contribution < 1.29 is 22.7 Å². The number of ether oxygens (including phenoxy) is 1. The molecule has 0 radical (unpaired) electrons. The van der Waals surface area contributed by atoms with Gasteiger partial charge in [0.1, 0.15) is 0 Å². The average Bonchev–Trinajstić information content (AvgIpc) is 2.24. The van der Waals surface area contributed by atoms with E-state index in [0.29, 0.717) is 25.9 Å². The molecular weight excluding hydrogens is 221 g/mol. The minimum atomic E-state index is -4.73. The molecule has 0 aromatic carbocycles. The maximum absolute atomic E-state index is 12.3. The maximum Gasteiger partial charge on any atom is 0.450 e. The predicted molar refractivity (Wildman–Crippen MR) is 53.1 cm³/mol. The van der Waals surface area contributed by atoms with Crippen LogP contribution in [0.25, 0.3) is 0 Å². The Bertz CT molecular complexity index is 238. The van der Waals surface area contributed by atoms with Crippen LogP contribution < -0.4 is 0 Å². The van der Waals surface area contributed by atoms with E-state index in [-0.39, 0.29) is 0 Å². The maximum atomic E-state index is 12.3. The molecule has 1 aliphatic rings. The molecule has 1 fully saturated rings. The highest BCUT2D eigenvalue weighted by Gasteiger charge is 2.46. The van der Waals surface area contributed by atoms with Crippen molar-refractivity contribution in [3.05, 3.63) is 0 Å². The molecule has 0 spiro atoms. The van der Waals surface area contributed by atoms with Gasteiger partial charge in [0.25, 0.3) is 0 Å². The third kappa shape index (κ3) is 3.47. The first-order chi connectivity index (χ1) is 7.46. The van der Waals surface area contributed by atoms with Gasteiger partial charge in [-0.25, -0.2) is 0 Å². The minimum Gasteiger partial charge on any atom is -0.377 e. The highest BCUT2D eigenvalue weighted by atomic mass is 19.4. The quantitative estimate of drug-likeness (QED) is 0.752. The molecular formula is C11H17F3O2. The Morgan fingerprint density at radius 3 is 2.69 bits per heavy atom. The van der Waals surface area contributed by atoms with Crippen LogP contribution >= 0.6 is 0 Å². The molecule has 2 nitrogen and oxygen atoms in total. The molecule has 1 heterocycles. The van der Waals surface area contributed by atoms with Gasteiger partial charge < -0.3 is 4.74 Å². The lowest BCUT2D eigenvalue weighted by molar-refractivity contribution is -0.183. The monoisotopic (exact) mass is 238 g/mol. The Labute approximate surface area is 93.2 Å². The van der Waals surface area contributed by atoms with Crippen LogP contribution in [-0.4, -0.2) is 24.7 Å². The molecule has 0 aromatic heterocycles. The Balaban J connectivity index is 2.63. The molecule has 0 unspecified atom stereocenters. The first-order valence-corrected chi connectivity index (χ1v) is 5.69. The number of unbranched alkanes of at least 4 members (excludes halogenated alkanes) is 1. The summed E-state index contributed by atoms with van der Waals surface area (Å²) in [5.74, 6) is -2.60. The summed E-state index contributed by atoms with van der Waals surface area (Å²) in [4.78, 5) is 11.2. The second kappa shape index (κ2) is 5.66. The lowest BCUT2D eigenvalue weighted by Gasteiger charge is -2.31. The van der Waals surface area contributed by atoms with Crippen molar-refractivity contribution >= 4 is 5.78 Å². The minimum absolute atomic E-state index is 0.298. The van der Waals surface area contributed by atoms with E-state index < -0.39 is 24.0 Å². The van der Waals surface area contributed by atoms with Crippen LogP contribution in [0.15, 0.2) is 0 Å². The highest BCUT2D eigenvalue weighted by molar-refractivity contribution is 5.86. The molecule has 1 rings (SSSR count). The second-order valence-electron chi connectivity index (χ2n) is 4.16. The van der Waals surface area contributed by atoms with Crippen molar-refractivity contribution in [2.45, 2.75) is 51.3 Å². The number of rotatable bonds is 4. The first-order valence-electron chi connectivity index (χ1n) is 5.69. The van der Waals surface area contributed by atoms with Crippen molar-refractivity contribution in [2.24, 2.45) is 5.92 Å². The molecule has 5 heteroatoms. The van der Waals surface area contributed by atoms with Crippen LogP contribution in [-0.2, 0) is 9.53 Å². The second-order valence-corrected chi connectivity index (χ2v) is 4.16. The van der Waals surface area contributed by atoms with E-state index in [4.69, 9.17) is 4.74 Å². The number of ketones is 1. The zero-order valence-electron chi connectivity index (χ0n) is 9.35. The van der Waals surface area contributed by atoms with E-state index in [9.17, 15) is 18.0 Å². The normalized spacial score (nSPS) is 26.8. The first kappa shape index (κ1) is 13.5. The summed E-state index contributed by atoms with van der Waals surface area (Å²) < 4.78 is 42.3. The van der Waals surface area contributed by atoms with Gasteiger partial charge in [-0.15, -0.1) is 0 Å². The van der Waals surface area contributed by atoms with Crippen molar-refractivity contribution in [3.63, 3.8) is 0 Å². The molecule has 0 aromatic rings. The molecule has 0 N–H and O–H groups in total. The Morgan fingerprint density at radius 2 is 2.12 bits per heavy atom. The Kier molecular flexibility index (Phi) is 4.77. The Morgan fingerprint density at radius 1 is 1.44 bits per heavy atom. The number of hydrogen-bond acceptors (Lipinski definition) is 2. The number of hydrogen-bond donors (Lipinski definition) is 0. The van der Waals surface area contributed by atoms with Crippen LogP contribution in [0.5, 0.6) is 0 Å². The zero-order valence-corrected chi connectivity index (χ0v) is 9.35. The molecule has 1 aliphatic heterocycles. The van der Waals surface area contributed by atoms with Gasteiger partial charge in [-0.1, -0.05) is 19.8 Å². The summed E-state index contributed by atoms with van der Waals surface area (Å²) in [7, 11) is 0. The van der Waals surface area contributed by atoms with Crippen molar-refractivity contribution in [1.29, 1.82) is 0 Å². The van der Waals surface area contributed by atoms with E-state index >= 15 is 0 Å². The lowest BCUT2D eigenvalue weighted by atomic mass is 9.87. The molecule has 0 saturated carbocycles. The third-order valence-electron chi connectivity index (χ3n) is 2.90. The van der Waals surface area contributed by atoms with Crippen LogP contribution in [0.3, 0.4) is 0 Å². The zero-order chi connectivity index (χ0) is 12.2. The van der Waals surface area contributed by atoms with Gasteiger partial charge in [0, 0.05) is 6.61 Å². The van der Waals surface area contributed by atoms with Crippen molar-refractivity contribution in [3.8, 4) is 0 Å². The molecule has 2 atom stereocenters. The third-order valence-corrected chi connectivity index (χ3v) is 2.90. The molecule has 0 bridgehead atoms. The standard InChI is InChI=1S/C11H17F3O2/c1-2-3-6-9-8(5-4-7-16-9)10(15)11(12,13)14/h8-9H,2-7H2,1H3/t8-,9-/m1/s1. The van der Waals surface area contributed by atoms with E-state index in [2.05, 4.69) is 0 Å². The van der Waals surface area contributed by atoms with E-state index in [1.807, 2.05) is 6.92 Å². The number of carbonyl (C=O) groups excluding carboxylic acids is 1. The number of Topliss-reactive ketones (excluding diaryl/α,β-unsaturated/α-hetero) is 1. The molecule has 0 amide bonds. The topological polar surface area (TPSA) is 26.3 Å². The number of halogens is 3. The van der Waals surface area contributed by atoms with Gasteiger partial charge in [0.15, 0.2) is 0 Å². The van der Waals surface area contributed by atoms with Gasteiger partial charge in [-0.05, 0) is 19.3 Å². The number of carbonyl (C=O) groups is 1. The SMILES string of the molecule is CCCC[C@H]1OCCC[C@H]1C(=O)C(F)(F)F.